The van der Waals surface area contributed by atoms with E-state index < -0.39 is 11.6 Å². The number of nitrogens with zero attached hydrogens (tertiary/aromatic N) is 3. The Morgan fingerprint density at radius 2 is 1.94 bits per heavy atom. The molecule has 17 heavy (non-hydrogen) atoms. The summed E-state index contributed by atoms with van der Waals surface area (Å²) in [7, 11) is 0. The SMILES string of the molecule is N#CCc1n[nH]c(Cc2cc(F)cc(F)c2)n1. The van der Waals surface area contributed by atoms with Gasteiger partial charge in [-0.05, 0) is 17.7 Å². The van der Waals surface area contributed by atoms with Crippen LogP contribution in [-0.4, -0.2) is 15.2 Å². The highest BCUT2D eigenvalue weighted by molar-refractivity contribution is 5.21. The minimum absolute atomic E-state index is 0.105. The number of H-pyrrole nitrogens is 1. The molecule has 0 radical (unpaired) electrons. The van der Waals surface area contributed by atoms with Crippen molar-refractivity contribution >= 4 is 0 Å². The van der Waals surface area contributed by atoms with Gasteiger partial charge in [0.15, 0.2) is 5.82 Å². The van der Waals surface area contributed by atoms with Crippen LogP contribution < -0.4 is 0 Å². The molecule has 0 unspecified atom stereocenters. The molecule has 1 aromatic heterocycles. The van der Waals surface area contributed by atoms with Gasteiger partial charge in [-0.2, -0.15) is 10.4 Å². The van der Waals surface area contributed by atoms with Crippen LogP contribution in [0.1, 0.15) is 17.2 Å². The summed E-state index contributed by atoms with van der Waals surface area (Å²) in [5, 5.41) is 14.9. The smallest absolute Gasteiger partial charge is 0.164 e. The van der Waals surface area contributed by atoms with Gasteiger partial charge in [-0.15, -0.1) is 0 Å². The van der Waals surface area contributed by atoms with Crippen LogP contribution in [0.5, 0.6) is 0 Å². The molecule has 0 bridgehead atoms. The molecule has 2 aromatic rings. The van der Waals surface area contributed by atoms with Gasteiger partial charge in [-0.3, -0.25) is 5.10 Å². The Morgan fingerprint density at radius 3 is 2.59 bits per heavy atom. The lowest BCUT2D eigenvalue weighted by molar-refractivity contribution is 0.580. The molecule has 0 saturated carbocycles. The fraction of sp³-hybridized carbons (Fsp3) is 0.182. The second-order valence-electron chi connectivity index (χ2n) is 3.49. The van der Waals surface area contributed by atoms with Crippen molar-refractivity contribution in [1.82, 2.24) is 15.2 Å². The lowest BCUT2D eigenvalue weighted by atomic mass is 10.1. The van der Waals surface area contributed by atoms with Gasteiger partial charge in [0.1, 0.15) is 17.5 Å². The maximum absolute atomic E-state index is 12.9. The molecule has 0 aliphatic carbocycles. The molecule has 86 valence electrons. The molecule has 4 nitrogen and oxygen atoms in total. The summed E-state index contributed by atoms with van der Waals surface area (Å²) in [5.74, 6) is -0.409. The van der Waals surface area contributed by atoms with Crippen molar-refractivity contribution in [1.29, 1.82) is 5.26 Å². The van der Waals surface area contributed by atoms with Crippen LogP contribution in [0.2, 0.25) is 0 Å². The maximum atomic E-state index is 12.9. The Hall–Kier alpha value is -2.29. The van der Waals surface area contributed by atoms with Crippen LogP contribution in [0.4, 0.5) is 8.78 Å². The quantitative estimate of drug-likeness (QED) is 0.879. The Labute approximate surface area is 95.9 Å². The van der Waals surface area contributed by atoms with E-state index in [1.165, 1.54) is 12.1 Å². The van der Waals surface area contributed by atoms with E-state index in [1.54, 1.807) is 0 Å². The highest BCUT2D eigenvalue weighted by Gasteiger charge is 2.06. The molecule has 0 atom stereocenters. The first-order chi connectivity index (χ1) is 8.17. The second kappa shape index (κ2) is 4.70. The van der Waals surface area contributed by atoms with E-state index in [4.69, 9.17) is 5.26 Å². The topological polar surface area (TPSA) is 65.4 Å². The Morgan fingerprint density at radius 1 is 1.24 bits per heavy atom. The van der Waals surface area contributed by atoms with Gasteiger partial charge in [-0.25, -0.2) is 13.8 Å². The Bertz CT molecular complexity index is 551. The maximum Gasteiger partial charge on any atom is 0.164 e. The predicted molar refractivity (Wildman–Crippen MR) is 54.9 cm³/mol. The molecule has 6 heteroatoms. The molecule has 0 spiro atoms. The minimum Gasteiger partial charge on any atom is -0.263 e. The molecule has 0 saturated heterocycles. The number of benzene rings is 1. The summed E-state index contributed by atoms with van der Waals surface area (Å²) in [5.41, 5.74) is 0.460. The summed E-state index contributed by atoms with van der Waals surface area (Å²) >= 11 is 0. The zero-order valence-electron chi connectivity index (χ0n) is 8.74. The lowest BCUT2D eigenvalue weighted by Crippen LogP contribution is -1.93. The fourth-order valence-electron chi connectivity index (χ4n) is 1.47. The number of nitriles is 1. The molecule has 2 rings (SSSR count). The van der Waals surface area contributed by atoms with Gasteiger partial charge in [-0.1, -0.05) is 0 Å². The first-order valence-corrected chi connectivity index (χ1v) is 4.89. The zero-order chi connectivity index (χ0) is 12.3. The average molecular weight is 234 g/mol. The molecule has 0 aliphatic heterocycles. The van der Waals surface area contributed by atoms with E-state index in [0.29, 0.717) is 17.2 Å². The second-order valence-corrected chi connectivity index (χ2v) is 3.49. The largest absolute Gasteiger partial charge is 0.263 e. The number of aromatic amines is 1. The van der Waals surface area contributed by atoms with Gasteiger partial charge < -0.3 is 0 Å². The number of hydrogen-bond donors (Lipinski definition) is 1. The van der Waals surface area contributed by atoms with Crippen LogP contribution in [0.15, 0.2) is 18.2 Å². The van der Waals surface area contributed by atoms with Crippen molar-refractivity contribution in [2.75, 3.05) is 0 Å². The molecular weight excluding hydrogens is 226 g/mol. The Kier molecular flexibility index (Phi) is 3.10. The third-order valence-electron chi connectivity index (χ3n) is 2.11. The normalized spacial score (nSPS) is 10.2. The van der Waals surface area contributed by atoms with Crippen molar-refractivity contribution in [2.45, 2.75) is 12.8 Å². The molecule has 1 aromatic carbocycles. The monoisotopic (exact) mass is 234 g/mol. The minimum atomic E-state index is -0.628. The number of rotatable bonds is 3. The van der Waals surface area contributed by atoms with E-state index in [0.717, 1.165) is 6.07 Å². The standard InChI is InChI=1S/C11H8F2N4/c12-8-3-7(4-9(13)6-8)5-11-15-10(1-2-14)16-17-11/h3-4,6H,1,5H2,(H,15,16,17). The summed E-state index contributed by atoms with van der Waals surface area (Å²) in [4.78, 5) is 4.02. The Balaban J connectivity index is 2.17. The molecule has 1 heterocycles. The van der Waals surface area contributed by atoms with Gasteiger partial charge in [0, 0.05) is 12.5 Å². The van der Waals surface area contributed by atoms with E-state index in [-0.39, 0.29) is 12.8 Å². The first kappa shape index (κ1) is 11.2. The molecule has 0 aliphatic rings. The van der Waals surface area contributed by atoms with Crippen LogP contribution in [0.25, 0.3) is 0 Å². The van der Waals surface area contributed by atoms with E-state index in [1.807, 2.05) is 6.07 Å². The highest BCUT2D eigenvalue weighted by Crippen LogP contribution is 2.11. The van der Waals surface area contributed by atoms with Gasteiger partial charge in [0.25, 0.3) is 0 Å². The third-order valence-corrected chi connectivity index (χ3v) is 2.11. The fourth-order valence-corrected chi connectivity index (χ4v) is 1.47. The number of halogens is 2. The van der Waals surface area contributed by atoms with E-state index in [2.05, 4.69) is 15.2 Å². The summed E-state index contributed by atoms with van der Waals surface area (Å²) in [6, 6.07) is 5.19. The lowest BCUT2D eigenvalue weighted by Gasteiger charge is -1.98. The van der Waals surface area contributed by atoms with Crippen molar-refractivity contribution in [3.05, 3.63) is 47.0 Å². The predicted octanol–water partition coefficient (Wildman–Crippen LogP) is 1.74. The number of aromatic nitrogens is 3. The van der Waals surface area contributed by atoms with Crippen molar-refractivity contribution in [3.63, 3.8) is 0 Å². The molecule has 0 fully saturated rings. The summed E-state index contributed by atoms with van der Waals surface area (Å²) in [6.07, 6.45) is 0.348. The third kappa shape index (κ3) is 2.84. The average Bonchev–Trinajstić information content (AvgIpc) is 2.64. The van der Waals surface area contributed by atoms with Crippen LogP contribution in [0.3, 0.4) is 0 Å². The number of hydrogen-bond acceptors (Lipinski definition) is 3. The van der Waals surface area contributed by atoms with Gasteiger partial charge in [0.2, 0.25) is 0 Å². The van der Waals surface area contributed by atoms with Crippen LogP contribution >= 0.6 is 0 Å². The first-order valence-electron chi connectivity index (χ1n) is 4.89. The van der Waals surface area contributed by atoms with Crippen LogP contribution in [-0.2, 0) is 12.8 Å². The molecule has 0 amide bonds. The number of nitrogens with one attached hydrogen (secondary N) is 1. The molecule has 1 N–H and O–H groups in total. The van der Waals surface area contributed by atoms with E-state index >= 15 is 0 Å². The van der Waals surface area contributed by atoms with Crippen LogP contribution in [0, 0.1) is 23.0 Å². The van der Waals surface area contributed by atoms with Crippen molar-refractivity contribution in [2.24, 2.45) is 0 Å². The van der Waals surface area contributed by atoms with Crippen molar-refractivity contribution in [3.8, 4) is 6.07 Å². The summed E-state index contributed by atoms with van der Waals surface area (Å²) in [6.45, 7) is 0. The highest BCUT2D eigenvalue weighted by atomic mass is 19.1. The van der Waals surface area contributed by atoms with Gasteiger partial charge in [0.05, 0.1) is 12.5 Å². The zero-order valence-corrected chi connectivity index (χ0v) is 8.74. The molecular formula is C11H8F2N4. The summed E-state index contributed by atoms with van der Waals surface area (Å²) < 4.78 is 25.9. The van der Waals surface area contributed by atoms with Gasteiger partial charge >= 0.3 is 0 Å². The van der Waals surface area contributed by atoms with Crippen molar-refractivity contribution < 1.29 is 8.78 Å². The van der Waals surface area contributed by atoms with E-state index in [9.17, 15) is 8.78 Å².